The van der Waals surface area contributed by atoms with Gasteiger partial charge in [-0.25, -0.2) is 0 Å². The second-order valence-electron chi connectivity index (χ2n) is 10.3. The van der Waals surface area contributed by atoms with Gasteiger partial charge in [0, 0.05) is 23.5 Å². The molecule has 1 aliphatic rings. The zero-order valence-electron chi connectivity index (χ0n) is 21.4. The van der Waals surface area contributed by atoms with E-state index in [0.29, 0.717) is 25.0 Å². The number of aryl methyl sites for hydroxylation is 1. The highest BCUT2D eigenvalue weighted by Gasteiger charge is 2.51. The second-order valence-corrected chi connectivity index (χ2v) is 10.3. The number of carbonyl (C=O) groups excluding carboxylic acids is 1. The minimum Gasteiger partial charge on any atom is -0.481 e. The van der Waals surface area contributed by atoms with Gasteiger partial charge < -0.3 is 9.63 Å². The highest BCUT2D eigenvalue weighted by Crippen LogP contribution is 2.48. The van der Waals surface area contributed by atoms with E-state index in [1.807, 2.05) is 80.6 Å². The highest BCUT2D eigenvalue weighted by molar-refractivity contribution is 5.88. The molecule has 0 spiro atoms. The zero-order chi connectivity index (χ0) is 26.2. The maximum absolute atomic E-state index is 13.2. The smallest absolute Gasteiger partial charge is 0.314 e. The van der Waals surface area contributed by atoms with Crippen LogP contribution in [0.5, 0.6) is 0 Å². The summed E-state index contributed by atoms with van der Waals surface area (Å²) in [5, 5.41) is 13.7. The van der Waals surface area contributed by atoms with Crippen LogP contribution in [0.3, 0.4) is 0 Å². The summed E-state index contributed by atoms with van der Waals surface area (Å²) in [6.07, 6.45) is 1.84. The van der Waals surface area contributed by atoms with Gasteiger partial charge in [-0.15, -0.1) is 0 Å². The number of carboxylic acids is 1. The van der Waals surface area contributed by atoms with Crippen LogP contribution in [0, 0.1) is 6.92 Å². The van der Waals surface area contributed by atoms with Gasteiger partial charge in [-0.05, 0) is 47.9 Å². The van der Waals surface area contributed by atoms with Gasteiger partial charge in [-0.1, -0.05) is 97.9 Å². The molecule has 0 aliphatic heterocycles. The van der Waals surface area contributed by atoms with Crippen molar-refractivity contribution in [3.05, 3.63) is 101 Å². The monoisotopic (exact) mass is 493 g/mol. The van der Waals surface area contributed by atoms with Gasteiger partial charge in [0.15, 0.2) is 5.76 Å². The van der Waals surface area contributed by atoms with E-state index in [1.165, 1.54) is 0 Å². The zero-order valence-corrected chi connectivity index (χ0v) is 21.4. The standard InChI is InChI=1S/C32H31NO4/c1-20(23-7-5-4-6-8-23)19-28(34)21(2)29-22(3)33-37-30(29)26-11-9-24(10-12-26)25-13-15-27(16-14-25)32(17-18-32)31(35)36/h4-16,20-21H,17-19H2,1-3H3,(H,35,36). The normalized spacial score (nSPS) is 15.6. The highest BCUT2D eigenvalue weighted by atomic mass is 16.5. The molecule has 0 saturated heterocycles. The molecule has 3 aromatic carbocycles. The molecule has 0 bridgehead atoms. The summed E-state index contributed by atoms with van der Waals surface area (Å²) in [4.78, 5) is 24.9. The van der Waals surface area contributed by atoms with Crippen LogP contribution < -0.4 is 0 Å². The molecule has 1 saturated carbocycles. The van der Waals surface area contributed by atoms with E-state index in [9.17, 15) is 14.7 Å². The molecule has 5 rings (SSSR count). The van der Waals surface area contributed by atoms with Gasteiger partial charge in [-0.3, -0.25) is 9.59 Å². The first-order valence-electron chi connectivity index (χ1n) is 12.8. The fourth-order valence-electron chi connectivity index (χ4n) is 5.18. The largest absolute Gasteiger partial charge is 0.481 e. The van der Waals surface area contributed by atoms with E-state index in [1.54, 1.807) is 0 Å². The lowest BCUT2D eigenvalue weighted by Crippen LogP contribution is -2.19. The Labute approximate surface area is 217 Å². The third-order valence-corrected chi connectivity index (χ3v) is 7.78. The predicted molar refractivity (Wildman–Crippen MR) is 144 cm³/mol. The molecule has 5 heteroatoms. The van der Waals surface area contributed by atoms with E-state index in [2.05, 4.69) is 24.2 Å². The number of hydrogen-bond donors (Lipinski definition) is 1. The van der Waals surface area contributed by atoms with E-state index < -0.39 is 11.4 Å². The van der Waals surface area contributed by atoms with Crippen LogP contribution >= 0.6 is 0 Å². The first-order chi connectivity index (χ1) is 17.8. The maximum Gasteiger partial charge on any atom is 0.314 e. The van der Waals surface area contributed by atoms with Crippen molar-refractivity contribution in [2.75, 3.05) is 0 Å². The van der Waals surface area contributed by atoms with E-state index in [0.717, 1.165) is 39.1 Å². The van der Waals surface area contributed by atoms with Crippen molar-refractivity contribution >= 4 is 11.8 Å². The fraction of sp³-hybridized carbons (Fsp3) is 0.281. The fourth-order valence-corrected chi connectivity index (χ4v) is 5.18. The minimum atomic E-state index is -0.745. The number of hydrogen-bond acceptors (Lipinski definition) is 4. The lowest BCUT2D eigenvalue weighted by molar-refractivity contribution is -0.140. The molecule has 2 atom stereocenters. The third kappa shape index (κ3) is 4.74. The first-order valence-corrected chi connectivity index (χ1v) is 12.8. The van der Waals surface area contributed by atoms with Crippen molar-refractivity contribution in [1.29, 1.82) is 0 Å². The lowest BCUT2D eigenvalue weighted by Gasteiger charge is -2.16. The number of carboxylic acid groups (broad SMARTS) is 1. The summed E-state index contributed by atoms with van der Waals surface area (Å²) < 4.78 is 5.71. The molecule has 5 nitrogen and oxygen atoms in total. The third-order valence-electron chi connectivity index (χ3n) is 7.78. The quantitative estimate of drug-likeness (QED) is 0.265. The average Bonchev–Trinajstić information content (AvgIpc) is 3.65. The number of Topliss-reactive ketones (excluding diaryl/α,β-unsaturated/α-hetero) is 1. The first kappa shape index (κ1) is 24.7. The van der Waals surface area contributed by atoms with Gasteiger partial charge in [0.25, 0.3) is 0 Å². The summed E-state index contributed by atoms with van der Waals surface area (Å²) >= 11 is 0. The number of benzene rings is 3. The molecule has 0 radical (unpaired) electrons. The summed E-state index contributed by atoms with van der Waals surface area (Å²) in [6.45, 7) is 5.90. The van der Waals surface area contributed by atoms with Crippen LogP contribution in [-0.2, 0) is 15.0 Å². The predicted octanol–water partition coefficient (Wildman–Crippen LogP) is 7.30. The Hall–Kier alpha value is -3.99. The summed E-state index contributed by atoms with van der Waals surface area (Å²) in [5.41, 5.74) is 5.80. The molecule has 37 heavy (non-hydrogen) atoms. The van der Waals surface area contributed by atoms with Crippen LogP contribution in [0.1, 0.15) is 67.3 Å². The Balaban J connectivity index is 1.34. The van der Waals surface area contributed by atoms with Crippen molar-refractivity contribution in [2.45, 2.75) is 57.3 Å². The lowest BCUT2D eigenvalue weighted by atomic mass is 9.86. The Morgan fingerprint density at radius 1 is 0.892 bits per heavy atom. The van der Waals surface area contributed by atoms with Crippen molar-refractivity contribution in [3.8, 4) is 22.5 Å². The molecule has 2 unspecified atom stereocenters. The van der Waals surface area contributed by atoms with Crippen LogP contribution in [0.15, 0.2) is 83.4 Å². The molecule has 1 N–H and O–H groups in total. The van der Waals surface area contributed by atoms with Crippen LogP contribution in [0.2, 0.25) is 0 Å². The van der Waals surface area contributed by atoms with Gasteiger partial charge in [0.1, 0.15) is 5.78 Å². The molecule has 4 aromatic rings. The minimum absolute atomic E-state index is 0.135. The second kappa shape index (κ2) is 9.81. The topological polar surface area (TPSA) is 80.4 Å². The average molecular weight is 494 g/mol. The molecular weight excluding hydrogens is 462 g/mol. The number of rotatable bonds is 9. The van der Waals surface area contributed by atoms with Crippen LogP contribution in [-0.4, -0.2) is 22.0 Å². The molecule has 1 heterocycles. The number of carbonyl (C=O) groups is 2. The Morgan fingerprint density at radius 3 is 2.03 bits per heavy atom. The van der Waals surface area contributed by atoms with E-state index in [4.69, 9.17) is 4.52 Å². The maximum atomic E-state index is 13.2. The van der Waals surface area contributed by atoms with Crippen LogP contribution in [0.4, 0.5) is 0 Å². The van der Waals surface area contributed by atoms with E-state index in [-0.39, 0.29) is 17.6 Å². The Bertz CT molecular complexity index is 1410. The molecule has 0 amide bonds. The van der Waals surface area contributed by atoms with Crippen LogP contribution in [0.25, 0.3) is 22.5 Å². The van der Waals surface area contributed by atoms with Gasteiger partial charge in [0.05, 0.1) is 11.1 Å². The van der Waals surface area contributed by atoms with Gasteiger partial charge in [0.2, 0.25) is 0 Å². The summed E-state index contributed by atoms with van der Waals surface area (Å²) in [7, 11) is 0. The molecular formula is C32H31NO4. The number of aromatic nitrogens is 1. The van der Waals surface area contributed by atoms with Crippen molar-refractivity contribution in [3.63, 3.8) is 0 Å². The van der Waals surface area contributed by atoms with Crippen molar-refractivity contribution in [1.82, 2.24) is 5.16 Å². The SMILES string of the molecule is Cc1noc(-c2ccc(-c3ccc(C4(C(=O)O)CC4)cc3)cc2)c1C(C)C(=O)CC(C)c1ccccc1. The molecule has 188 valence electrons. The molecule has 1 aromatic heterocycles. The summed E-state index contributed by atoms with van der Waals surface area (Å²) in [5.74, 6) is -0.149. The van der Waals surface area contributed by atoms with Crippen molar-refractivity contribution < 1.29 is 19.2 Å². The molecule has 1 fully saturated rings. The Morgan fingerprint density at radius 2 is 1.46 bits per heavy atom. The number of ketones is 1. The Kier molecular flexibility index (Phi) is 6.55. The van der Waals surface area contributed by atoms with Crippen molar-refractivity contribution in [2.24, 2.45) is 0 Å². The van der Waals surface area contributed by atoms with E-state index >= 15 is 0 Å². The summed E-state index contributed by atoms with van der Waals surface area (Å²) in [6, 6.07) is 25.9. The number of nitrogens with zero attached hydrogens (tertiary/aromatic N) is 1. The molecule has 1 aliphatic carbocycles. The van der Waals surface area contributed by atoms with Gasteiger partial charge >= 0.3 is 5.97 Å². The van der Waals surface area contributed by atoms with Gasteiger partial charge in [-0.2, -0.15) is 0 Å². The number of aliphatic carboxylic acids is 1.